The van der Waals surface area contributed by atoms with Gasteiger partial charge in [-0.15, -0.1) is 0 Å². The second-order valence-electron chi connectivity index (χ2n) is 8.66. The second-order valence-corrected chi connectivity index (χ2v) is 8.66. The number of Topliss-reactive ketones (excluding diaryl/α,β-unsaturated/α-hetero) is 1. The quantitative estimate of drug-likeness (QED) is 0.324. The van der Waals surface area contributed by atoms with Gasteiger partial charge in [0, 0.05) is 24.3 Å². The number of hydrogen-bond donors (Lipinski definition) is 1. The van der Waals surface area contributed by atoms with E-state index in [-0.39, 0.29) is 29.6 Å². The monoisotopic (exact) mass is 516 g/mol. The molecular weight excluding hydrogens is 488 g/mol. The molecule has 9 heteroatoms. The van der Waals surface area contributed by atoms with Crippen molar-refractivity contribution in [1.82, 2.24) is 4.90 Å². The van der Waals surface area contributed by atoms with Gasteiger partial charge in [0.05, 0.1) is 25.7 Å². The van der Waals surface area contributed by atoms with Gasteiger partial charge in [0.1, 0.15) is 11.9 Å². The minimum absolute atomic E-state index is 0.124. The summed E-state index contributed by atoms with van der Waals surface area (Å²) in [7, 11) is 1.53. The molecule has 1 heterocycles. The van der Waals surface area contributed by atoms with Crippen molar-refractivity contribution in [3.05, 3.63) is 95.6 Å². The van der Waals surface area contributed by atoms with Gasteiger partial charge in [-0.1, -0.05) is 30.3 Å². The first-order valence-electron chi connectivity index (χ1n) is 12.1. The van der Waals surface area contributed by atoms with Crippen LogP contribution in [0.25, 0.3) is 0 Å². The molecule has 0 spiro atoms. The first kappa shape index (κ1) is 26.6. The smallest absolute Gasteiger partial charge is 0.338 e. The molecular formula is C29H28N2O7. The number of anilines is 1. The van der Waals surface area contributed by atoms with Crippen LogP contribution in [-0.2, 0) is 25.6 Å². The number of carbonyl (C=O) groups is 4. The van der Waals surface area contributed by atoms with E-state index in [9.17, 15) is 19.2 Å². The molecule has 2 amide bonds. The predicted octanol–water partition coefficient (Wildman–Crippen LogP) is 3.49. The molecule has 1 saturated heterocycles. The number of nitrogens with one attached hydrogen (secondary N) is 1. The molecule has 4 rings (SSSR count). The second kappa shape index (κ2) is 12.6. The average molecular weight is 517 g/mol. The van der Waals surface area contributed by atoms with Crippen LogP contribution in [0.15, 0.2) is 78.9 Å². The van der Waals surface area contributed by atoms with Crippen LogP contribution in [0.4, 0.5) is 5.69 Å². The highest BCUT2D eigenvalue weighted by atomic mass is 16.5. The van der Waals surface area contributed by atoms with Gasteiger partial charge in [0.15, 0.2) is 12.4 Å². The van der Waals surface area contributed by atoms with E-state index in [1.54, 1.807) is 41.3 Å². The SMILES string of the molecule is COc1ccc(C(=O)COC(=O)c2ccc(NC(=O)CC3OCCN(Cc4ccccc4)C3=O)cc2)cc1. The number of carbonyl (C=O) groups excluding carboxylic acids is 4. The normalized spacial score (nSPS) is 15.0. The third-order valence-electron chi connectivity index (χ3n) is 6.01. The number of esters is 1. The van der Waals surface area contributed by atoms with E-state index in [1.165, 1.54) is 19.2 Å². The van der Waals surface area contributed by atoms with Crippen molar-refractivity contribution in [3.8, 4) is 5.75 Å². The fourth-order valence-electron chi connectivity index (χ4n) is 3.94. The first-order valence-corrected chi connectivity index (χ1v) is 12.1. The molecule has 0 aliphatic carbocycles. The van der Waals surface area contributed by atoms with Crippen molar-refractivity contribution in [3.63, 3.8) is 0 Å². The number of morpholine rings is 1. The molecule has 1 fully saturated rings. The van der Waals surface area contributed by atoms with Crippen molar-refractivity contribution in [1.29, 1.82) is 0 Å². The molecule has 1 aliphatic rings. The highest BCUT2D eigenvalue weighted by Gasteiger charge is 2.31. The Kier molecular flexibility index (Phi) is 8.84. The summed E-state index contributed by atoms with van der Waals surface area (Å²) in [4.78, 5) is 51.6. The van der Waals surface area contributed by atoms with E-state index in [4.69, 9.17) is 14.2 Å². The van der Waals surface area contributed by atoms with E-state index in [0.717, 1.165) is 5.56 Å². The molecule has 196 valence electrons. The molecule has 0 aromatic heterocycles. The zero-order valence-corrected chi connectivity index (χ0v) is 20.9. The number of amides is 2. The number of ketones is 1. The van der Waals surface area contributed by atoms with Gasteiger partial charge in [0.2, 0.25) is 5.91 Å². The molecule has 1 N–H and O–H groups in total. The lowest BCUT2D eigenvalue weighted by molar-refractivity contribution is -0.155. The van der Waals surface area contributed by atoms with Crippen molar-refractivity contribution >= 4 is 29.3 Å². The van der Waals surface area contributed by atoms with Crippen LogP contribution in [0.5, 0.6) is 5.75 Å². The fraction of sp³-hybridized carbons (Fsp3) is 0.241. The highest BCUT2D eigenvalue weighted by Crippen LogP contribution is 2.17. The lowest BCUT2D eigenvalue weighted by atomic mass is 10.1. The summed E-state index contributed by atoms with van der Waals surface area (Å²) in [5, 5.41) is 2.72. The van der Waals surface area contributed by atoms with Crippen molar-refractivity contribution in [2.75, 3.05) is 32.2 Å². The summed E-state index contributed by atoms with van der Waals surface area (Å²) in [6, 6.07) is 22.2. The van der Waals surface area contributed by atoms with Gasteiger partial charge in [0.25, 0.3) is 5.91 Å². The molecule has 3 aromatic carbocycles. The van der Waals surface area contributed by atoms with Crippen LogP contribution in [0.1, 0.15) is 32.7 Å². The van der Waals surface area contributed by atoms with E-state index >= 15 is 0 Å². The minimum Gasteiger partial charge on any atom is -0.497 e. The van der Waals surface area contributed by atoms with E-state index in [2.05, 4.69) is 5.32 Å². The van der Waals surface area contributed by atoms with Crippen LogP contribution >= 0.6 is 0 Å². The molecule has 9 nitrogen and oxygen atoms in total. The molecule has 3 aromatic rings. The van der Waals surface area contributed by atoms with Gasteiger partial charge in [-0.05, 0) is 54.1 Å². The third-order valence-corrected chi connectivity index (χ3v) is 6.01. The molecule has 0 bridgehead atoms. The number of methoxy groups -OCH3 is 1. The maximum atomic E-state index is 12.8. The maximum absolute atomic E-state index is 12.8. The lowest BCUT2D eigenvalue weighted by Gasteiger charge is -2.32. The summed E-state index contributed by atoms with van der Waals surface area (Å²) >= 11 is 0. The number of hydrogen-bond acceptors (Lipinski definition) is 7. The van der Waals surface area contributed by atoms with Crippen molar-refractivity contribution in [2.45, 2.75) is 19.1 Å². The summed E-state index contributed by atoms with van der Waals surface area (Å²) in [5.41, 5.74) is 2.09. The summed E-state index contributed by atoms with van der Waals surface area (Å²) in [6.45, 7) is 0.883. The summed E-state index contributed by atoms with van der Waals surface area (Å²) < 4.78 is 15.7. The van der Waals surface area contributed by atoms with E-state index in [1.807, 2.05) is 30.3 Å². The van der Waals surface area contributed by atoms with Crippen molar-refractivity contribution < 1.29 is 33.4 Å². The number of nitrogens with zero attached hydrogens (tertiary/aromatic N) is 1. The average Bonchev–Trinajstić information content (AvgIpc) is 2.94. The molecule has 38 heavy (non-hydrogen) atoms. The Bertz CT molecular complexity index is 1270. The lowest BCUT2D eigenvalue weighted by Crippen LogP contribution is -2.48. The first-order chi connectivity index (χ1) is 18.4. The van der Waals surface area contributed by atoms with Gasteiger partial charge < -0.3 is 24.4 Å². The number of ether oxygens (including phenoxy) is 3. The van der Waals surface area contributed by atoms with Crippen LogP contribution in [-0.4, -0.2) is 61.4 Å². The van der Waals surface area contributed by atoms with E-state index < -0.39 is 18.7 Å². The number of benzene rings is 3. The van der Waals surface area contributed by atoms with Crippen LogP contribution < -0.4 is 10.1 Å². The van der Waals surface area contributed by atoms with Gasteiger partial charge in [-0.2, -0.15) is 0 Å². The molecule has 0 saturated carbocycles. The zero-order valence-electron chi connectivity index (χ0n) is 20.9. The topological polar surface area (TPSA) is 111 Å². The van der Waals surface area contributed by atoms with Gasteiger partial charge >= 0.3 is 5.97 Å². The summed E-state index contributed by atoms with van der Waals surface area (Å²) in [5.74, 6) is -0.993. The molecule has 1 aliphatic heterocycles. The van der Waals surface area contributed by atoms with Crippen LogP contribution in [0.2, 0.25) is 0 Å². The Balaban J connectivity index is 1.25. The Morgan fingerprint density at radius 3 is 2.32 bits per heavy atom. The van der Waals surface area contributed by atoms with E-state index in [0.29, 0.717) is 36.7 Å². The Morgan fingerprint density at radius 1 is 0.947 bits per heavy atom. The third kappa shape index (κ3) is 7.04. The van der Waals surface area contributed by atoms with Crippen molar-refractivity contribution in [2.24, 2.45) is 0 Å². The zero-order chi connectivity index (χ0) is 26.9. The number of rotatable bonds is 10. The standard InChI is InChI=1S/C29H28N2O7/c1-36-24-13-9-21(10-14-24)25(32)19-38-29(35)22-7-11-23(12-8-22)30-27(33)17-26-28(34)31(15-16-37-26)18-20-5-3-2-4-6-20/h2-14,26H,15-19H2,1H3,(H,30,33). The Hall–Kier alpha value is -4.50. The Morgan fingerprint density at radius 2 is 1.63 bits per heavy atom. The maximum Gasteiger partial charge on any atom is 0.338 e. The molecule has 1 unspecified atom stereocenters. The Labute approximate surface area is 220 Å². The fourth-order valence-corrected chi connectivity index (χ4v) is 3.94. The predicted molar refractivity (Wildman–Crippen MR) is 139 cm³/mol. The largest absolute Gasteiger partial charge is 0.497 e. The van der Waals surface area contributed by atoms with Crippen LogP contribution in [0, 0.1) is 0 Å². The van der Waals surface area contributed by atoms with Gasteiger partial charge in [-0.3, -0.25) is 14.4 Å². The molecule has 0 radical (unpaired) electrons. The summed E-state index contributed by atoms with van der Waals surface area (Å²) in [6.07, 6.45) is -0.980. The van der Waals surface area contributed by atoms with Gasteiger partial charge in [-0.25, -0.2) is 4.79 Å². The minimum atomic E-state index is -0.857. The van der Waals surface area contributed by atoms with Crippen LogP contribution in [0.3, 0.4) is 0 Å². The highest BCUT2D eigenvalue weighted by molar-refractivity contribution is 6.00. The molecule has 1 atom stereocenters.